The molecule has 0 bridgehead atoms. The maximum Gasteiger partial charge on any atom is 0.234 e. The maximum atomic E-state index is 14.7. The van der Waals surface area contributed by atoms with Gasteiger partial charge < -0.3 is 10.2 Å². The summed E-state index contributed by atoms with van der Waals surface area (Å²) in [5.74, 6) is -0.763. The van der Waals surface area contributed by atoms with Crippen LogP contribution in [0.25, 0.3) is 0 Å². The Morgan fingerprint density at radius 2 is 2.03 bits per heavy atom. The fourth-order valence-electron chi connectivity index (χ4n) is 3.86. The standard InChI is InChI=1S/C21H21BrFN3O3S2/c1-12-3-5-16(13(2)7-12)24-20(27)9-30-21-25-17-10-31(28,29)11-19(17)26(21)18-6-4-14(22)8-15(18)23/h3-8,17,19H,9-11H2,1-2H3,(H,24,27). The Morgan fingerprint density at radius 3 is 2.74 bits per heavy atom. The van der Waals surface area contributed by atoms with Crippen LogP contribution in [0.1, 0.15) is 11.1 Å². The van der Waals surface area contributed by atoms with E-state index in [9.17, 15) is 17.6 Å². The maximum absolute atomic E-state index is 14.7. The molecule has 1 amide bonds. The molecule has 2 heterocycles. The highest BCUT2D eigenvalue weighted by atomic mass is 79.9. The molecule has 0 aromatic heterocycles. The van der Waals surface area contributed by atoms with Crippen LogP contribution in [-0.2, 0) is 14.6 Å². The zero-order chi connectivity index (χ0) is 22.3. The minimum atomic E-state index is -3.24. The summed E-state index contributed by atoms with van der Waals surface area (Å²) < 4.78 is 39.6. The molecule has 31 heavy (non-hydrogen) atoms. The van der Waals surface area contributed by atoms with E-state index in [-0.39, 0.29) is 28.9 Å². The Balaban J connectivity index is 1.53. The van der Waals surface area contributed by atoms with Crippen molar-refractivity contribution >= 4 is 60.0 Å². The predicted octanol–water partition coefficient (Wildman–Crippen LogP) is 3.92. The third-order valence-electron chi connectivity index (χ3n) is 5.27. The second kappa shape index (κ2) is 8.55. The van der Waals surface area contributed by atoms with E-state index in [1.807, 2.05) is 32.0 Å². The predicted molar refractivity (Wildman–Crippen MR) is 127 cm³/mol. The quantitative estimate of drug-likeness (QED) is 0.654. The number of amidine groups is 1. The SMILES string of the molecule is Cc1ccc(NC(=O)CSC2=NC3CS(=O)(=O)CC3N2c2ccc(Br)cc2F)c(C)c1. The molecule has 2 aromatic carbocycles. The number of hydrogen-bond acceptors (Lipinski definition) is 6. The number of benzene rings is 2. The van der Waals surface area contributed by atoms with E-state index in [1.165, 1.54) is 17.8 Å². The number of halogens is 2. The van der Waals surface area contributed by atoms with Crippen molar-refractivity contribution in [2.75, 3.05) is 27.5 Å². The number of carbonyl (C=O) groups excluding carboxylic acids is 1. The van der Waals surface area contributed by atoms with Crippen LogP contribution in [0.2, 0.25) is 0 Å². The average Bonchev–Trinajstić information content (AvgIpc) is 3.14. The molecular weight excluding hydrogens is 505 g/mol. The Bertz CT molecular complexity index is 1190. The fraction of sp³-hybridized carbons (Fsp3) is 0.333. The van der Waals surface area contributed by atoms with Gasteiger partial charge in [-0.05, 0) is 43.7 Å². The topological polar surface area (TPSA) is 78.8 Å². The molecule has 10 heteroatoms. The molecule has 1 N–H and O–H groups in total. The third kappa shape index (κ3) is 4.80. The van der Waals surface area contributed by atoms with Gasteiger partial charge in [-0.25, -0.2) is 12.8 Å². The van der Waals surface area contributed by atoms with Gasteiger partial charge in [0.25, 0.3) is 0 Å². The molecule has 0 spiro atoms. The average molecular weight is 526 g/mol. The highest BCUT2D eigenvalue weighted by Gasteiger charge is 2.47. The molecular formula is C21H21BrFN3O3S2. The summed E-state index contributed by atoms with van der Waals surface area (Å²) in [7, 11) is -3.24. The number of aryl methyl sites for hydroxylation is 2. The summed E-state index contributed by atoms with van der Waals surface area (Å²) in [6.07, 6.45) is 0. The van der Waals surface area contributed by atoms with Gasteiger partial charge in [0.15, 0.2) is 15.0 Å². The van der Waals surface area contributed by atoms with Gasteiger partial charge in [0.05, 0.1) is 35.0 Å². The van der Waals surface area contributed by atoms with Crippen LogP contribution >= 0.6 is 27.7 Å². The van der Waals surface area contributed by atoms with E-state index in [0.29, 0.717) is 9.64 Å². The summed E-state index contributed by atoms with van der Waals surface area (Å²) in [5, 5.41) is 3.35. The molecule has 6 nitrogen and oxygen atoms in total. The molecule has 2 aromatic rings. The first-order chi connectivity index (χ1) is 14.6. The number of rotatable bonds is 4. The smallest absolute Gasteiger partial charge is 0.234 e. The molecule has 2 aliphatic heterocycles. The summed E-state index contributed by atoms with van der Waals surface area (Å²) in [4.78, 5) is 18.7. The molecule has 2 atom stereocenters. The Labute approximate surface area is 193 Å². The lowest BCUT2D eigenvalue weighted by Crippen LogP contribution is -2.40. The van der Waals surface area contributed by atoms with Crippen LogP contribution < -0.4 is 10.2 Å². The van der Waals surface area contributed by atoms with E-state index in [4.69, 9.17) is 0 Å². The monoisotopic (exact) mass is 525 g/mol. The number of hydrogen-bond donors (Lipinski definition) is 1. The highest BCUT2D eigenvalue weighted by molar-refractivity contribution is 9.10. The molecule has 4 rings (SSSR count). The van der Waals surface area contributed by atoms with Gasteiger partial charge in [0.1, 0.15) is 5.82 Å². The minimum Gasteiger partial charge on any atom is -0.325 e. The first-order valence-electron chi connectivity index (χ1n) is 9.65. The van der Waals surface area contributed by atoms with Crippen LogP contribution in [0.3, 0.4) is 0 Å². The molecule has 164 valence electrons. The molecule has 1 fully saturated rings. The number of carbonyl (C=O) groups is 1. The fourth-order valence-corrected chi connectivity index (χ4v) is 6.95. The van der Waals surface area contributed by atoms with E-state index in [0.717, 1.165) is 16.8 Å². The number of aliphatic imine (C=N–C) groups is 1. The summed E-state index contributed by atoms with van der Waals surface area (Å²) in [6.45, 7) is 3.91. The molecule has 0 radical (unpaired) electrons. The van der Waals surface area contributed by atoms with E-state index in [1.54, 1.807) is 17.0 Å². The first kappa shape index (κ1) is 22.3. The van der Waals surface area contributed by atoms with Crippen molar-refractivity contribution in [3.63, 3.8) is 0 Å². The van der Waals surface area contributed by atoms with Gasteiger partial charge in [-0.1, -0.05) is 45.4 Å². The molecule has 0 aliphatic carbocycles. The van der Waals surface area contributed by atoms with Gasteiger partial charge >= 0.3 is 0 Å². The third-order valence-corrected chi connectivity index (χ3v) is 8.42. The lowest BCUT2D eigenvalue weighted by atomic mass is 10.1. The van der Waals surface area contributed by atoms with E-state index >= 15 is 0 Å². The van der Waals surface area contributed by atoms with Gasteiger partial charge in [0.2, 0.25) is 5.91 Å². The van der Waals surface area contributed by atoms with Crippen molar-refractivity contribution in [2.45, 2.75) is 25.9 Å². The molecule has 2 aliphatic rings. The van der Waals surface area contributed by atoms with Gasteiger partial charge in [-0.15, -0.1) is 0 Å². The lowest BCUT2D eigenvalue weighted by Gasteiger charge is -2.26. The Kier molecular flexibility index (Phi) is 6.15. The van der Waals surface area contributed by atoms with Crippen molar-refractivity contribution in [3.05, 3.63) is 57.8 Å². The highest BCUT2D eigenvalue weighted by Crippen LogP contribution is 2.37. The number of anilines is 2. The summed E-state index contributed by atoms with van der Waals surface area (Å²) >= 11 is 4.43. The number of nitrogens with one attached hydrogen (secondary N) is 1. The van der Waals surface area contributed by atoms with Crippen LogP contribution in [0.15, 0.2) is 45.9 Å². The Hall–Kier alpha value is -1.91. The lowest BCUT2D eigenvalue weighted by molar-refractivity contribution is -0.113. The first-order valence-corrected chi connectivity index (χ1v) is 13.3. The van der Waals surface area contributed by atoms with Crippen LogP contribution in [0.5, 0.6) is 0 Å². The number of sulfone groups is 1. The minimum absolute atomic E-state index is 0.0644. The van der Waals surface area contributed by atoms with Crippen molar-refractivity contribution in [1.82, 2.24) is 0 Å². The zero-order valence-corrected chi connectivity index (χ0v) is 20.2. The van der Waals surface area contributed by atoms with E-state index in [2.05, 4.69) is 26.2 Å². The molecule has 0 saturated carbocycles. The largest absolute Gasteiger partial charge is 0.325 e. The zero-order valence-electron chi connectivity index (χ0n) is 16.9. The van der Waals surface area contributed by atoms with Crippen LogP contribution in [0, 0.1) is 19.7 Å². The molecule has 2 unspecified atom stereocenters. The number of nitrogens with zero attached hydrogens (tertiary/aromatic N) is 2. The van der Waals surface area contributed by atoms with E-state index < -0.39 is 27.7 Å². The number of fused-ring (bicyclic) bond motifs is 1. The van der Waals surface area contributed by atoms with Gasteiger partial charge in [0, 0.05) is 10.2 Å². The second-order valence-corrected chi connectivity index (χ2v) is 11.8. The number of thioether (sulfide) groups is 1. The van der Waals surface area contributed by atoms with Crippen LogP contribution in [0.4, 0.5) is 15.8 Å². The van der Waals surface area contributed by atoms with Crippen molar-refractivity contribution in [3.8, 4) is 0 Å². The van der Waals surface area contributed by atoms with Crippen molar-refractivity contribution in [2.24, 2.45) is 4.99 Å². The van der Waals surface area contributed by atoms with Crippen LogP contribution in [-0.4, -0.2) is 48.8 Å². The Morgan fingerprint density at radius 1 is 1.26 bits per heavy atom. The van der Waals surface area contributed by atoms with Gasteiger partial charge in [-0.2, -0.15) is 0 Å². The van der Waals surface area contributed by atoms with Crippen molar-refractivity contribution < 1.29 is 17.6 Å². The number of amides is 1. The second-order valence-electron chi connectivity index (χ2n) is 7.74. The normalized spacial score (nSPS) is 21.7. The van der Waals surface area contributed by atoms with Gasteiger partial charge in [-0.3, -0.25) is 9.79 Å². The summed E-state index contributed by atoms with van der Waals surface area (Å²) in [5.41, 5.74) is 3.07. The molecule has 1 saturated heterocycles. The summed E-state index contributed by atoms with van der Waals surface area (Å²) in [6, 6.07) is 9.48. The van der Waals surface area contributed by atoms with Crippen molar-refractivity contribution in [1.29, 1.82) is 0 Å².